The summed E-state index contributed by atoms with van der Waals surface area (Å²) in [4.78, 5) is 14.2. The third kappa shape index (κ3) is 4.90. The zero-order chi connectivity index (χ0) is 24.5. The largest absolute Gasteiger partial charge is 0.465 e. The number of carbonyl (C=O) groups is 1. The summed E-state index contributed by atoms with van der Waals surface area (Å²) < 4.78 is 33.5. The zero-order valence-electron chi connectivity index (χ0n) is 18.1. The van der Waals surface area contributed by atoms with Gasteiger partial charge in [0.05, 0.1) is 34.3 Å². The third-order valence-corrected chi connectivity index (χ3v) is 8.44. The molecule has 0 radical (unpaired) electrons. The summed E-state index contributed by atoms with van der Waals surface area (Å²) in [5.41, 5.74) is 1.62. The van der Waals surface area contributed by atoms with Gasteiger partial charge in [0, 0.05) is 29.7 Å². The van der Waals surface area contributed by atoms with Gasteiger partial charge in [-0.15, -0.1) is 0 Å². The Balaban J connectivity index is 1.75. The summed E-state index contributed by atoms with van der Waals surface area (Å²) in [6, 6.07) is 18.2. The van der Waals surface area contributed by atoms with Crippen molar-refractivity contribution in [2.24, 2.45) is 0 Å². The Morgan fingerprint density at radius 1 is 0.941 bits per heavy atom. The highest BCUT2D eigenvalue weighted by molar-refractivity contribution is 7.89. The van der Waals surface area contributed by atoms with Gasteiger partial charge in [0.25, 0.3) is 0 Å². The molecule has 0 aliphatic carbocycles. The average Bonchev–Trinajstić information content (AvgIpc) is 2.84. The van der Waals surface area contributed by atoms with E-state index in [1.807, 2.05) is 18.2 Å². The highest BCUT2D eigenvalue weighted by atomic mass is 35.5. The molecule has 4 rings (SSSR count). The number of carbonyl (C=O) groups excluding carboxylic acids is 1. The van der Waals surface area contributed by atoms with E-state index in [9.17, 15) is 13.2 Å². The molecule has 1 saturated heterocycles. The topological polar surface area (TPSA) is 66.9 Å². The van der Waals surface area contributed by atoms with Gasteiger partial charge in [-0.1, -0.05) is 59.1 Å². The number of benzene rings is 3. The molecule has 0 spiro atoms. The van der Waals surface area contributed by atoms with Crippen LogP contribution in [0.15, 0.2) is 71.6 Å². The molecule has 178 valence electrons. The van der Waals surface area contributed by atoms with Crippen LogP contribution in [0.2, 0.25) is 15.1 Å². The number of hydrogen-bond donors (Lipinski definition) is 0. The minimum atomic E-state index is -3.99. The van der Waals surface area contributed by atoms with E-state index in [0.29, 0.717) is 21.6 Å². The van der Waals surface area contributed by atoms with Crippen molar-refractivity contribution in [2.45, 2.75) is 10.9 Å². The number of rotatable bonds is 5. The van der Waals surface area contributed by atoms with Gasteiger partial charge in [-0.05, 0) is 48.0 Å². The maximum Gasteiger partial charge on any atom is 0.339 e. The van der Waals surface area contributed by atoms with Crippen molar-refractivity contribution in [3.05, 3.63) is 92.9 Å². The quantitative estimate of drug-likeness (QED) is 0.390. The van der Waals surface area contributed by atoms with Crippen molar-refractivity contribution >= 4 is 56.5 Å². The lowest BCUT2D eigenvalue weighted by Crippen LogP contribution is -2.50. The van der Waals surface area contributed by atoms with Gasteiger partial charge >= 0.3 is 5.97 Å². The SMILES string of the molecule is COC(=O)c1ccccc1S(=O)(=O)N1CCN(c2ccc(Cl)cc2Cl)C(c2ccc(Cl)cc2)C1. The zero-order valence-corrected chi connectivity index (χ0v) is 21.2. The molecular weight excluding hydrogens is 519 g/mol. The van der Waals surface area contributed by atoms with Crippen LogP contribution in [0.3, 0.4) is 0 Å². The van der Waals surface area contributed by atoms with Crippen molar-refractivity contribution in [2.75, 3.05) is 31.6 Å². The molecule has 1 unspecified atom stereocenters. The predicted octanol–water partition coefficient (Wildman–Crippen LogP) is 5.69. The summed E-state index contributed by atoms with van der Waals surface area (Å²) in [5.74, 6) is -0.708. The number of sulfonamides is 1. The van der Waals surface area contributed by atoms with Crippen molar-refractivity contribution in [3.63, 3.8) is 0 Å². The van der Waals surface area contributed by atoms with Crippen molar-refractivity contribution in [3.8, 4) is 0 Å². The lowest BCUT2D eigenvalue weighted by atomic mass is 10.0. The highest BCUT2D eigenvalue weighted by Crippen LogP contribution is 2.38. The predicted molar refractivity (Wildman–Crippen MR) is 135 cm³/mol. The molecule has 0 saturated carbocycles. The second-order valence-electron chi connectivity index (χ2n) is 7.71. The molecule has 0 bridgehead atoms. The van der Waals surface area contributed by atoms with Crippen LogP contribution in [-0.2, 0) is 14.8 Å². The van der Waals surface area contributed by atoms with Crippen LogP contribution in [0.1, 0.15) is 22.0 Å². The molecular formula is C24H21Cl3N2O4S. The molecule has 10 heteroatoms. The maximum atomic E-state index is 13.6. The summed E-state index contributed by atoms with van der Waals surface area (Å²) in [5, 5.41) is 1.56. The molecule has 6 nitrogen and oxygen atoms in total. The monoisotopic (exact) mass is 538 g/mol. The van der Waals surface area contributed by atoms with E-state index in [1.54, 1.807) is 36.4 Å². The highest BCUT2D eigenvalue weighted by Gasteiger charge is 2.37. The Labute approximate surface area is 213 Å². The van der Waals surface area contributed by atoms with Gasteiger partial charge < -0.3 is 9.64 Å². The first-order chi connectivity index (χ1) is 16.2. The first-order valence-electron chi connectivity index (χ1n) is 10.4. The molecule has 0 amide bonds. The Kier molecular flexibility index (Phi) is 7.40. The molecule has 3 aromatic carbocycles. The normalized spacial score (nSPS) is 16.9. The van der Waals surface area contributed by atoms with E-state index >= 15 is 0 Å². The number of methoxy groups -OCH3 is 1. The van der Waals surface area contributed by atoms with E-state index in [2.05, 4.69) is 4.90 Å². The smallest absolute Gasteiger partial charge is 0.339 e. The summed E-state index contributed by atoms with van der Waals surface area (Å²) in [6.45, 7) is 0.702. The van der Waals surface area contributed by atoms with E-state index in [0.717, 1.165) is 11.3 Å². The Bertz CT molecular complexity index is 1320. The van der Waals surface area contributed by atoms with Crippen LogP contribution in [0.5, 0.6) is 0 Å². The molecule has 1 atom stereocenters. The van der Waals surface area contributed by atoms with E-state index in [-0.39, 0.29) is 29.6 Å². The second-order valence-corrected chi connectivity index (χ2v) is 10.9. The molecule has 1 fully saturated rings. The number of esters is 1. The van der Waals surface area contributed by atoms with Crippen LogP contribution in [0, 0.1) is 0 Å². The molecule has 1 aliphatic heterocycles. The fourth-order valence-corrected chi connectivity index (χ4v) is 6.32. The van der Waals surface area contributed by atoms with Gasteiger partial charge in [0.2, 0.25) is 10.0 Å². The maximum absolute atomic E-state index is 13.6. The van der Waals surface area contributed by atoms with E-state index in [1.165, 1.54) is 23.5 Å². The van der Waals surface area contributed by atoms with Gasteiger partial charge in [-0.25, -0.2) is 13.2 Å². The van der Waals surface area contributed by atoms with Crippen LogP contribution >= 0.6 is 34.8 Å². The molecule has 0 N–H and O–H groups in total. The Morgan fingerprint density at radius 2 is 1.62 bits per heavy atom. The molecule has 34 heavy (non-hydrogen) atoms. The van der Waals surface area contributed by atoms with E-state index in [4.69, 9.17) is 39.5 Å². The minimum Gasteiger partial charge on any atom is -0.465 e. The van der Waals surface area contributed by atoms with Gasteiger partial charge in [-0.2, -0.15) is 4.31 Å². The average molecular weight is 540 g/mol. The lowest BCUT2D eigenvalue weighted by Gasteiger charge is -2.43. The number of nitrogens with zero attached hydrogens (tertiary/aromatic N) is 2. The van der Waals surface area contributed by atoms with Gasteiger partial charge in [0.15, 0.2) is 0 Å². The van der Waals surface area contributed by atoms with Crippen molar-refractivity contribution < 1.29 is 17.9 Å². The molecule has 3 aromatic rings. The first kappa shape index (κ1) is 24.8. The van der Waals surface area contributed by atoms with E-state index < -0.39 is 16.0 Å². The van der Waals surface area contributed by atoms with Gasteiger partial charge in [-0.3, -0.25) is 0 Å². The minimum absolute atomic E-state index is 0.00350. The first-order valence-corrected chi connectivity index (χ1v) is 12.9. The number of halogens is 3. The molecule has 1 heterocycles. The fraction of sp³-hybridized carbons (Fsp3) is 0.208. The number of ether oxygens (including phenoxy) is 1. The summed E-state index contributed by atoms with van der Waals surface area (Å²) in [6.07, 6.45) is 0. The number of piperazine rings is 1. The standard InChI is InChI=1S/C24H21Cl3N2O4S/c1-33-24(30)19-4-2-3-5-23(19)34(31,32)28-12-13-29(21-11-10-18(26)14-20(21)27)22(15-28)16-6-8-17(25)9-7-16/h2-11,14,22H,12-13,15H2,1H3. The van der Waals surface area contributed by atoms with Crippen LogP contribution < -0.4 is 4.90 Å². The van der Waals surface area contributed by atoms with Crippen LogP contribution in [-0.4, -0.2) is 45.4 Å². The summed E-state index contributed by atoms with van der Waals surface area (Å²) in [7, 11) is -2.77. The lowest BCUT2D eigenvalue weighted by molar-refractivity contribution is 0.0596. The van der Waals surface area contributed by atoms with Gasteiger partial charge in [0.1, 0.15) is 0 Å². The van der Waals surface area contributed by atoms with Crippen molar-refractivity contribution in [1.82, 2.24) is 4.31 Å². The van der Waals surface area contributed by atoms with Crippen LogP contribution in [0.4, 0.5) is 5.69 Å². The van der Waals surface area contributed by atoms with Crippen molar-refractivity contribution in [1.29, 1.82) is 0 Å². The number of anilines is 1. The van der Waals surface area contributed by atoms with Crippen LogP contribution in [0.25, 0.3) is 0 Å². The third-order valence-electron chi connectivity index (χ3n) is 5.73. The second kappa shape index (κ2) is 10.1. The Hall–Kier alpha value is -2.29. The number of hydrogen-bond acceptors (Lipinski definition) is 5. The fourth-order valence-electron chi connectivity index (χ4n) is 4.06. The molecule has 1 aliphatic rings. The summed E-state index contributed by atoms with van der Waals surface area (Å²) >= 11 is 18.7. The molecule has 0 aromatic heterocycles. The Morgan fingerprint density at radius 3 is 2.29 bits per heavy atom.